The Labute approximate surface area is 149 Å². The van der Waals surface area contributed by atoms with E-state index in [1.54, 1.807) is 18.2 Å². The fourth-order valence-corrected chi connectivity index (χ4v) is 2.55. The number of hydrogen-bond acceptors (Lipinski definition) is 4. The molecular formula is C18H20F2N4O2. The predicted molar refractivity (Wildman–Crippen MR) is 96.5 cm³/mol. The zero-order valence-electron chi connectivity index (χ0n) is 15.0. The Balaban J connectivity index is 0.00000117. The third kappa shape index (κ3) is 3.17. The molecule has 6 nitrogen and oxygen atoms in total. The lowest BCUT2D eigenvalue weighted by atomic mass is 10.1. The average molecular weight is 362 g/mol. The molecule has 0 aliphatic carbocycles. The van der Waals surface area contributed by atoms with Crippen LogP contribution in [0.25, 0.3) is 17.1 Å². The minimum atomic E-state index is -0.882. The van der Waals surface area contributed by atoms with Crippen molar-refractivity contribution < 1.29 is 13.5 Å². The van der Waals surface area contributed by atoms with E-state index in [0.717, 1.165) is 16.8 Å². The maximum absolute atomic E-state index is 14.4. The third-order valence-electron chi connectivity index (χ3n) is 3.66. The molecule has 0 spiro atoms. The number of nitrogens with zero attached hydrogens (tertiary/aromatic N) is 3. The van der Waals surface area contributed by atoms with Gasteiger partial charge in [-0.05, 0) is 12.1 Å². The minimum absolute atomic E-state index is 0.0291. The van der Waals surface area contributed by atoms with Crippen LogP contribution in [0.2, 0.25) is 0 Å². The van der Waals surface area contributed by atoms with E-state index in [1.807, 2.05) is 13.8 Å². The maximum atomic E-state index is 14.4. The summed E-state index contributed by atoms with van der Waals surface area (Å²) in [7, 11) is 2.78. The van der Waals surface area contributed by atoms with Crippen LogP contribution in [0.3, 0.4) is 0 Å². The molecule has 2 aromatic heterocycles. The standard InChI is InChI=1S/C16H14F2N4O2.C2H6/c1-21-15(13-10(17)7-9(24-2)8-11(13)18)14(19)16(23)22(21)12-5-3-4-6-20-12;1-2/h3-8H,19H2,1-2H3;1-2H3. The Morgan fingerprint density at radius 1 is 1.15 bits per heavy atom. The van der Waals surface area contributed by atoms with Crippen LogP contribution >= 0.6 is 0 Å². The molecular weight excluding hydrogens is 342 g/mol. The Morgan fingerprint density at radius 2 is 1.77 bits per heavy atom. The summed E-state index contributed by atoms with van der Waals surface area (Å²) in [5.74, 6) is -1.45. The molecule has 0 aliphatic heterocycles. The molecule has 0 radical (unpaired) electrons. The molecule has 0 bridgehead atoms. The van der Waals surface area contributed by atoms with Gasteiger partial charge in [0, 0.05) is 25.4 Å². The van der Waals surface area contributed by atoms with Gasteiger partial charge in [0.25, 0.3) is 5.56 Å². The van der Waals surface area contributed by atoms with Crippen molar-refractivity contribution in [3.05, 3.63) is 58.5 Å². The molecule has 0 aliphatic rings. The second kappa shape index (κ2) is 7.81. The van der Waals surface area contributed by atoms with Gasteiger partial charge in [-0.2, -0.15) is 4.68 Å². The van der Waals surface area contributed by atoms with E-state index in [9.17, 15) is 13.6 Å². The number of aromatic nitrogens is 3. The van der Waals surface area contributed by atoms with Crippen LogP contribution in [0.15, 0.2) is 41.3 Å². The molecule has 0 amide bonds. The second-order valence-electron chi connectivity index (χ2n) is 5.06. The molecule has 3 rings (SSSR count). The monoisotopic (exact) mass is 362 g/mol. The second-order valence-corrected chi connectivity index (χ2v) is 5.06. The highest BCUT2D eigenvalue weighted by Gasteiger charge is 2.24. The molecule has 0 saturated heterocycles. The highest BCUT2D eigenvalue weighted by atomic mass is 19.1. The number of pyridine rings is 1. The Bertz CT molecular complexity index is 942. The van der Waals surface area contributed by atoms with E-state index in [4.69, 9.17) is 10.5 Å². The predicted octanol–water partition coefficient (Wildman–Crippen LogP) is 3.13. The third-order valence-corrected chi connectivity index (χ3v) is 3.66. The van der Waals surface area contributed by atoms with E-state index in [0.29, 0.717) is 0 Å². The lowest BCUT2D eigenvalue weighted by Gasteiger charge is -2.11. The van der Waals surface area contributed by atoms with Crippen molar-refractivity contribution >= 4 is 5.69 Å². The molecule has 3 aromatic rings. The van der Waals surface area contributed by atoms with Crippen LogP contribution in [-0.2, 0) is 7.05 Å². The summed E-state index contributed by atoms with van der Waals surface area (Å²) in [4.78, 5) is 16.5. The van der Waals surface area contributed by atoms with Gasteiger partial charge in [0.1, 0.15) is 23.1 Å². The van der Waals surface area contributed by atoms with E-state index in [1.165, 1.54) is 25.0 Å². The van der Waals surface area contributed by atoms with Crippen LogP contribution in [-0.4, -0.2) is 21.5 Å². The SMILES string of the molecule is CC.COc1cc(F)c(-c2c(N)c(=O)n(-c3ccccn3)n2C)c(F)c1. The van der Waals surface area contributed by atoms with Crippen LogP contribution < -0.4 is 16.0 Å². The van der Waals surface area contributed by atoms with E-state index in [2.05, 4.69) is 4.98 Å². The van der Waals surface area contributed by atoms with Gasteiger partial charge >= 0.3 is 0 Å². The number of nitrogen functional groups attached to an aromatic ring is 1. The first-order chi connectivity index (χ1) is 12.5. The summed E-state index contributed by atoms with van der Waals surface area (Å²) in [6.07, 6.45) is 1.50. The highest BCUT2D eigenvalue weighted by molar-refractivity contribution is 5.74. The summed E-state index contributed by atoms with van der Waals surface area (Å²) >= 11 is 0. The number of nitrogens with two attached hydrogens (primary N) is 1. The first-order valence-corrected chi connectivity index (χ1v) is 7.98. The van der Waals surface area contributed by atoms with Gasteiger partial charge in [-0.25, -0.2) is 13.8 Å². The maximum Gasteiger partial charge on any atom is 0.296 e. The number of hydrogen-bond donors (Lipinski definition) is 1. The van der Waals surface area contributed by atoms with Crippen molar-refractivity contribution in [3.8, 4) is 22.8 Å². The number of ether oxygens (including phenoxy) is 1. The molecule has 138 valence electrons. The van der Waals surface area contributed by atoms with Gasteiger partial charge in [0.15, 0.2) is 5.82 Å². The average Bonchev–Trinajstić information content (AvgIpc) is 2.87. The van der Waals surface area contributed by atoms with Gasteiger partial charge in [-0.3, -0.25) is 9.48 Å². The molecule has 0 unspecified atom stereocenters. The number of anilines is 1. The first kappa shape index (κ1) is 19.2. The zero-order chi connectivity index (χ0) is 19.4. The van der Waals surface area contributed by atoms with E-state index < -0.39 is 22.8 Å². The quantitative estimate of drug-likeness (QED) is 0.777. The van der Waals surface area contributed by atoms with Crippen LogP contribution in [0, 0.1) is 11.6 Å². The molecule has 26 heavy (non-hydrogen) atoms. The molecule has 2 heterocycles. The van der Waals surface area contributed by atoms with E-state index in [-0.39, 0.29) is 22.9 Å². The highest BCUT2D eigenvalue weighted by Crippen LogP contribution is 2.32. The summed E-state index contributed by atoms with van der Waals surface area (Å²) in [5.41, 5.74) is 4.49. The zero-order valence-corrected chi connectivity index (χ0v) is 15.0. The molecule has 8 heteroatoms. The van der Waals surface area contributed by atoms with Crippen molar-refractivity contribution in [1.29, 1.82) is 0 Å². The molecule has 0 atom stereocenters. The molecule has 1 aromatic carbocycles. The normalized spacial score (nSPS) is 10.2. The summed E-state index contributed by atoms with van der Waals surface area (Å²) in [6.45, 7) is 4.00. The van der Waals surface area contributed by atoms with Crippen molar-refractivity contribution in [3.63, 3.8) is 0 Å². The lowest BCUT2D eigenvalue weighted by molar-refractivity contribution is 0.407. The van der Waals surface area contributed by atoms with Crippen molar-refractivity contribution in [2.24, 2.45) is 7.05 Å². The molecule has 0 saturated carbocycles. The van der Waals surface area contributed by atoms with Crippen LogP contribution in [0.4, 0.5) is 14.5 Å². The number of benzene rings is 1. The Morgan fingerprint density at radius 3 is 2.27 bits per heavy atom. The number of methoxy groups -OCH3 is 1. The van der Waals surface area contributed by atoms with Crippen molar-refractivity contribution in [2.45, 2.75) is 13.8 Å². The van der Waals surface area contributed by atoms with Gasteiger partial charge in [-0.15, -0.1) is 0 Å². The Kier molecular flexibility index (Phi) is 5.76. The van der Waals surface area contributed by atoms with Crippen molar-refractivity contribution in [2.75, 3.05) is 12.8 Å². The number of rotatable bonds is 3. The smallest absolute Gasteiger partial charge is 0.296 e. The summed E-state index contributed by atoms with van der Waals surface area (Å²) < 4.78 is 36.0. The molecule has 0 fully saturated rings. The van der Waals surface area contributed by atoms with Gasteiger partial charge in [0.05, 0.1) is 18.4 Å². The summed E-state index contributed by atoms with van der Waals surface area (Å²) in [5, 5.41) is 0. The van der Waals surface area contributed by atoms with Crippen LogP contribution in [0.1, 0.15) is 13.8 Å². The topological polar surface area (TPSA) is 75.1 Å². The van der Waals surface area contributed by atoms with Crippen molar-refractivity contribution in [1.82, 2.24) is 14.3 Å². The van der Waals surface area contributed by atoms with Gasteiger partial charge < -0.3 is 10.5 Å². The fourth-order valence-electron chi connectivity index (χ4n) is 2.55. The first-order valence-electron chi connectivity index (χ1n) is 7.98. The van der Waals surface area contributed by atoms with E-state index >= 15 is 0 Å². The van der Waals surface area contributed by atoms with Gasteiger partial charge in [-0.1, -0.05) is 19.9 Å². The lowest BCUT2D eigenvalue weighted by Crippen LogP contribution is -2.21. The Hall–Kier alpha value is -3.16. The number of halogens is 2. The fraction of sp³-hybridized carbons (Fsp3) is 0.222. The minimum Gasteiger partial charge on any atom is -0.497 e. The van der Waals surface area contributed by atoms with Gasteiger partial charge in [0.2, 0.25) is 0 Å². The van der Waals surface area contributed by atoms with Crippen LogP contribution in [0.5, 0.6) is 5.75 Å². The molecule has 2 N–H and O–H groups in total. The largest absolute Gasteiger partial charge is 0.497 e. The summed E-state index contributed by atoms with van der Waals surface area (Å²) in [6, 6.07) is 7.02.